The fourth-order valence-electron chi connectivity index (χ4n) is 2.05. The first-order valence-electron chi connectivity index (χ1n) is 6.29. The number of aryl methyl sites for hydroxylation is 1. The average molecular weight is 365 g/mol. The summed E-state index contributed by atoms with van der Waals surface area (Å²) in [5, 5.41) is 4.24. The van der Waals surface area contributed by atoms with Crippen molar-refractivity contribution in [2.45, 2.75) is 6.92 Å². The van der Waals surface area contributed by atoms with Gasteiger partial charge in [0.25, 0.3) is 5.91 Å². The lowest BCUT2D eigenvalue weighted by Crippen LogP contribution is -2.11. The topological polar surface area (TPSA) is 42.2 Å². The standard InChI is InChI=1S/C16H11BrClNO2/c1-9-2-5-14-10(6-9)7-15(21-14)16(20)19-13-8-11(18)3-4-12(13)17/h2-8H,1H3,(H,19,20). The van der Waals surface area contributed by atoms with Crippen LogP contribution in [0.5, 0.6) is 0 Å². The zero-order valence-electron chi connectivity index (χ0n) is 11.1. The van der Waals surface area contributed by atoms with Crippen LogP contribution in [0, 0.1) is 6.92 Å². The quantitative estimate of drug-likeness (QED) is 0.660. The van der Waals surface area contributed by atoms with Gasteiger partial charge in [0.2, 0.25) is 0 Å². The average Bonchev–Trinajstić information content (AvgIpc) is 2.86. The van der Waals surface area contributed by atoms with Crippen molar-refractivity contribution < 1.29 is 9.21 Å². The fraction of sp³-hybridized carbons (Fsp3) is 0.0625. The number of rotatable bonds is 2. The van der Waals surface area contributed by atoms with E-state index in [1.165, 1.54) is 0 Å². The minimum Gasteiger partial charge on any atom is -0.451 e. The Morgan fingerprint density at radius 3 is 2.81 bits per heavy atom. The summed E-state index contributed by atoms with van der Waals surface area (Å²) in [7, 11) is 0. The van der Waals surface area contributed by atoms with Gasteiger partial charge in [-0.15, -0.1) is 0 Å². The van der Waals surface area contributed by atoms with Crippen molar-refractivity contribution in [3.63, 3.8) is 0 Å². The third-order valence-electron chi connectivity index (χ3n) is 3.07. The molecule has 3 rings (SSSR count). The second-order valence-electron chi connectivity index (χ2n) is 4.73. The summed E-state index contributed by atoms with van der Waals surface area (Å²) in [5.74, 6) is -0.0469. The van der Waals surface area contributed by atoms with Gasteiger partial charge in [0.05, 0.1) is 5.69 Å². The van der Waals surface area contributed by atoms with Crippen LogP contribution in [0.2, 0.25) is 5.02 Å². The molecule has 0 aliphatic rings. The second kappa shape index (κ2) is 5.54. The number of carbonyl (C=O) groups is 1. The van der Waals surface area contributed by atoms with E-state index >= 15 is 0 Å². The zero-order valence-corrected chi connectivity index (χ0v) is 13.5. The van der Waals surface area contributed by atoms with E-state index in [1.54, 1.807) is 24.3 Å². The predicted octanol–water partition coefficient (Wildman–Crippen LogP) is 5.41. The molecule has 0 aliphatic carbocycles. The second-order valence-corrected chi connectivity index (χ2v) is 6.02. The number of hydrogen-bond donors (Lipinski definition) is 1. The SMILES string of the molecule is Cc1ccc2oc(C(=O)Nc3cc(Cl)ccc3Br)cc2c1. The monoisotopic (exact) mass is 363 g/mol. The van der Waals surface area contributed by atoms with Crippen molar-refractivity contribution >= 4 is 50.1 Å². The molecule has 0 saturated heterocycles. The van der Waals surface area contributed by atoms with Crippen molar-refractivity contribution in [1.29, 1.82) is 0 Å². The molecule has 1 aromatic heterocycles. The van der Waals surface area contributed by atoms with Gasteiger partial charge in [-0.1, -0.05) is 23.2 Å². The molecule has 0 bridgehead atoms. The van der Waals surface area contributed by atoms with Gasteiger partial charge in [0.15, 0.2) is 5.76 Å². The highest BCUT2D eigenvalue weighted by Gasteiger charge is 2.14. The largest absolute Gasteiger partial charge is 0.451 e. The molecule has 1 amide bonds. The van der Waals surface area contributed by atoms with Crippen LogP contribution >= 0.6 is 27.5 Å². The van der Waals surface area contributed by atoms with Gasteiger partial charge >= 0.3 is 0 Å². The van der Waals surface area contributed by atoms with Crippen LogP contribution in [-0.2, 0) is 0 Å². The van der Waals surface area contributed by atoms with Gasteiger partial charge < -0.3 is 9.73 Å². The number of hydrogen-bond acceptors (Lipinski definition) is 2. The molecule has 3 nitrogen and oxygen atoms in total. The molecule has 0 saturated carbocycles. The van der Waals surface area contributed by atoms with Crippen LogP contribution < -0.4 is 5.32 Å². The molecule has 1 N–H and O–H groups in total. The molecule has 2 aromatic carbocycles. The van der Waals surface area contributed by atoms with Gasteiger partial charge in [-0.25, -0.2) is 0 Å². The molecular formula is C16H11BrClNO2. The number of benzene rings is 2. The normalized spacial score (nSPS) is 10.8. The highest BCUT2D eigenvalue weighted by atomic mass is 79.9. The molecular weight excluding hydrogens is 354 g/mol. The minimum atomic E-state index is -0.313. The number of anilines is 1. The number of carbonyl (C=O) groups excluding carboxylic acids is 1. The Balaban J connectivity index is 1.91. The van der Waals surface area contributed by atoms with Gasteiger partial charge in [0, 0.05) is 14.9 Å². The Kier molecular flexibility index (Phi) is 3.74. The molecule has 0 spiro atoms. The third-order valence-corrected chi connectivity index (χ3v) is 4.00. The van der Waals surface area contributed by atoms with Crippen LogP contribution in [-0.4, -0.2) is 5.91 Å². The highest BCUT2D eigenvalue weighted by Crippen LogP contribution is 2.27. The Morgan fingerprint density at radius 2 is 2.00 bits per heavy atom. The van der Waals surface area contributed by atoms with Crippen molar-refractivity contribution in [3.05, 3.63) is 63.3 Å². The van der Waals surface area contributed by atoms with Crippen LogP contribution in [0.3, 0.4) is 0 Å². The molecule has 5 heteroatoms. The summed E-state index contributed by atoms with van der Waals surface area (Å²) in [6.45, 7) is 2.00. The molecule has 21 heavy (non-hydrogen) atoms. The maximum absolute atomic E-state index is 12.3. The predicted molar refractivity (Wildman–Crippen MR) is 88.1 cm³/mol. The summed E-state index contributed by atoms with van der Waals surface area (Å²) >= 11 is 9.30. The fourth-order valence-corrected chi connectivity index (χ4v) is 2.57. The number of furan rings is 1. The lowest BCUT2D eigenvalue weighted by Gasteiger charge is -2.06. The first-order valence-corrected chi connectivity index (χ1v) is 7.46. The van der Waals surface area contributed by atoms with Crippen LogP contribution in [0.4, 0.5) is 5.69 Å². The Morgan fingerprint density at radius 1 is 1.19 bits per heavy atom. The summed E-state index contributed by atoms with van der Waals surface area (Å²) in [6.07, 6.45) is 0. The first-order chi connectivity index (χ1) is 10.0. The molecule has 0 atom stereocenters. The highest BCUT2D eigenvalue weighted by molar-refractivity contribution is 9.10. The van der Waals surface area contributed by atoms with E-state index in [-0.39, 0.29) is 11.7 Å². The minimum absolute atomic E-state index is 0.266. The van der Waals surface area contributed by atoms with E-state index in [0.29, 0.717) is 16.3 Å². The van der Waals surface area contributed by atoms with Gasteiger partial charge in [-0.3, -0.25) is 4.79 Å². The molecule has 0 radical (unpaired) electrons. The molecule has 0 fully saturated rings. The summed E-state index contributed by atoms with van der Waals surface area (Å²) in [6, 6.07) is 12.7. The van der Waals surface area contributed by atoms with Crippen molar-refractivity contribution in [1.82, 2.24) is 0 Å². The number of fused-ring (bicyclic) bond motifs is 1. The lowest BCUT2D eigenvalue weighted by atomic mass is 10.2. The number of amides is 1. The van der Waals surface area contributed by atoms with Crippen molar-refractivity contribution in [2.75, 3.05) is 5.32 Å². The Bertz CT molecular complexity index is 841. The summed E-state index contributed by atoms with van der Waals surface area (Å²) < 4.78 is 6.32. The first kappa shape index (κ1) is 14.2. The molecule has 1 heterocycles. The van der Waals surface area contributed by atoms with Crippen molar-refractivity contribution in [3.8, 4) is 0 Å². The van der Waals surface area contributed by atoms with Crippen LogP contribution in [0.25, 0.3) is 11.0 Å². The molecule has 106 valence electrons. The third kappa shape index (κ3) is 2.96. The number of nitrogens with one attached hydrogen (secondary N) is 1. The van der Waals surface area contributed by atoms with E-state index < -0.39 is 0 Å². The van der Waals surface area contributed by atoms with E-state index in [2.05, 4.69) is 21.2 Å². The summed E-state index contributed by atoms with van der Waals surface area (Å²) in [5.41, 5.74) is 2.41. The zero-order chi connectivity index (χ0) is 15.0. The Hall–Kier alpha value is -1.78. The molecule has 0 aliphatic heterocycles. The van der Waals surface area contributed by atoms with Crippen LogP contribution in [0.15, 0.2) is 51.4 Å². The van der Waals surface area contributed by atoms with Crippen molar-refractivity contribution in [2.24, 2.45) is 0 Å². The molecule has 3 aromatic rings. The molecule has 0 unspecified atom stereocenters. The van der Waals surface area contributed by atoms with E-state index in [1.807, 2.05) is 25.1 Å². The van der Waals surface area contributed by atoms with Gasteiger partial charge in [0.1, 0.15) is 5.58 Å². The van der Waals surface area contributed by atoms with Gasteiger partial charge in [-0.2, -0.15) is 0 Å². The van der Waals surface area contributed by atoms with Crippen LogP contribution in [0.1, 0.15) is 16.1 Å². The van der Waals surface area contributed by atoms with Gasteiger partial charge in [-0.05, 0) is 59.3 Å². The maximum atomic E-state index is 12.3. The van der Waals surface area contributed by atoms with E-state index in [9.17, 15) is 4.79 Å². The lowest BCUT2D eigenvalue weighted by molar-refractivity contribution is 0.0998. The van der Waals surface area contributed by atoms with E-state index in [0.717, 1.165) is 15.4 Å². The van der Waals surface area contributed by atoms with E-state index in [4.69, 9.17) is 16.0 Å². The number of halogens is 2. The maximum Gasteiger partial charge on any atom is 0.291 e. The summed E-state index contributed by atoms with van der Waals surface area (Å²) in [4.78, 5) is 12.3. The Labute approximate surface area is 135 Å². The smallest absolute Gasteiger partial charge is 0.291 e.